The van der Waals surface area contributed by atoms with Gasteiger partial charge in [0.1, 0.15) is 6.17 Å². The highest BCUT2D eigenvalue weighted by Gasteiger charge is 2.30. The highest BCUT2D eigenvalue weighted by atomic mass is 19.1. The van der Waals surface area contributed by atoms with Crippen LogP contribution in [0.1, 0.15) is 28.8 Å². The predicted molar refractivity (Wildman–Crippen MR) is 59.7 cm³/mol. The SMILES string of the molecule is NCc1ccc(C(=O)NC2CC(F)C2)cc1. The smallest absolute Gasteiger partial charge is 0.251 e. The van der Waals surface area contributed by atoms with E-state index >= 15 is 0 Å². The van der Waals surface area contributed by atoms with Crippen LogP contribution >= 0.6 is 0 Å². The van der Waals surface area contributed by atoms with Crippen molar-refractivity contribution >= 4 is 5.91 Å². The molecule has 0 aliphatic heterocycles. The summed E-state index contributed by atoms with van der Waals surface area (Å²) in [6.45, 7) is 0.466. The molecule has 1 saturated carbocycles. The molecule has 0 bridgehead atoms. The van der Waals surface area contributed by atoms with Crippen molar-refractivity contribution in [2.24, 2.45) is 5.73 Å². The number of nitrogens with one attached hydrogen (secondary N) is 1. The molecule has 16 heavy (non-hydrogen) atoms. The van der Waals surface area contributed by atoms with Gasteiger partial charge >= 0.3 is 0 Å². The standard InChI is InChI=1S/C12H15FN2O/c13-10-5-11(6-10)15-12(16)9-3-1-8(7-14)2-4-9/h1-4,10-11H,5-7,14H2,(H,15,16). The lowest BCUT2D eigenvalue weighted by molar-refractivity contribution is 0.0860. The summed E-state index contributed by atoms with van der Waals surface area (Å²) in [5.41, 5.74) is 7.05. The quantitative estimate of drug-likeness (QED) is 0.811. The van der Waals surface area contributed by atoms with Crippen LogP contribution in [-0.2, 0) is 6.54 Å². The molecule has 0 aromatic heterocycles. The Morgan fingerprint density at radius 2 is 2.00 bits per heavy atom. The van der Waals surface area contributed by atoms with E-state index in [1.54, 1.807) is 12.1 Å². The van der Waals surface area contributed by atoms with Gasteiger partial charge in [0.2, 0.25) is 0 Å². The van der Waals surface area contributed by atoms with E-state index in [2.05, 4.69) is 5.32 Å². The van der Waals surface area contributed by atoms with Gasteiger partial charge in [-0.3, -0.25) is 4.79 Å². The Morgan fingerprint density at radius 3 is 2.50 bits per heavy atom. The summed E-state index contributed by atoms with van der Waals surface area (Å²) < 4.78 is 12.6. The molecular formula is C12H15FN2O. The zero-order valence-corrected chi connectivity index (χ0v) is 8.95. The molecule has 1 aliphatic rings. The number of hydrogen-bond acceptors (Lipinski definition) is 2. The minimum Gasteiger partial charge on any atom is -0.349 e. The first-order chi connectivity index (χ1) is 7.69. The van der Waals surface area contributed by atoms with E-state index in [9.17, 15) is 9.18 Å². The fraction of sp³-hybridized carbons (Fsp3) is 0.417. The van der Waals surface area contributed by atoms with E-state index in [0.717, 1.165) is 5.56 Å². The molecular weight excluding hydrogens is 207 g/mol. The zero-order valence-electron chi connectivity index (χ0n) is 8.95. The molecule has 86 valence electrons. The lowest BCUT2D eigenvalue weighted by atomic mass is 9.90. The maximum Gasteiger partial charge on any atom is 0.251 e. The number of halogens is 1. The third kappa shape index (κ3) is 2.39. The minimum atomic E-state index is -0.745. The highest BCUT2D eigenvalue weighted by molar-refractivity contribution is 5.94. The van der Waals surface area contributed by atoms with Gasteiger partial charge in [-0.15, -0.1) is 0 Å². The van der Waals surface area contributed by atoms with Crippen molar-refractivity contribution in [2.75, 3.05) is 0 Å². The highest BCUT2D eigenvalue weighted by Crippen LogP contribution is 2.23. The number of rotatable bonds is 3. The molecule has 0 spiro atoms. The molecule has 4 heteroatoms. The van der Waals surface area contributed by atoms with E-state index in [1.807, 2.05) is 12.1 Å². The number of carbonyl (C=O) groups excluding carboxylic acids is 1. The van der Waals surface area contributed by atoms with Gasteiger partial charge in [-0.05, 0) is 30.5 Å². The zero-order chi connectivity index (χ0) is 11.5. The van der Waals surface area contributed by atoms with Crippen LogP contribution in [-0.4, -0.2) is 18.1 Å². The van der Waals surface area contributed by atoms with Crippen LogP contribution in [0.3, 0.4) is 0 Å². The third-order valence-corrected chi connectivity index (χ3v) is 2.87. The van der Waals surface area contributed by atoms with Gasteiger partial charge in [-0.1, -0.05) is 12.1 Å². The van der Waals surface area contributed by atoms with Gasteiger partial charge in [0.15, 0.2) is 0 Å². The molecule has 1 amide bonds. The molecule has 1 aromatic rings. The second-order valence-corrected chi connectivity index (χ2v) is 4.14. The fourth-order valence-corrected chi connectivity index (χ4v) is 1.73. The number of alkyl halides is 1. The molecule has 0 unspecified atom stereocenters. The number of hydrogen-bond donors (Lipinski definition) is 2. The molecule has 1 aliphatic carbocycles. The van der Waals surface area contributed by atoms with Crippen LogP contribution in [0.4, 0.5) is 4.39 Å². The average Bonchev–Trinajstić information content (AvgIpc) is 2.27. The van der Waals surface area contributed by atoms with E-state index in [0.29, 0.717) is 24.9 Å². The van der Waals surface area contributed by atoms with Crippen LogP contribution in [0.15, 0.2) is 24.3 Å². The minimum absolute atomic E-state index is 0.00307. The fourth-order valence-electron chi connectivity index (χ4n) is 1.73. The largest absolute Gasteiger partial charge is 0.349 e. The molecule has 2 rings (SSSR count). The number of nitrogens with two attached hydrogens (primary N) is 1. The Bertz CT molecular complexity index is 371. The number of benzene rings is 1. The van der Waals surface area contributed by atoms with E-state index in [-0.39, 0.29) is 11.9 Å². The second kappa shape index (κ2) is 4.61. The van der Waals surface area contributed by atoms with Crippen LogP contribution in [0.2, 0.25) is 0 Å². The Kier molecular flexibility index (Phi) is 3.19. The van der Waals surface area contributed by atoms with Crippen LogP contribution < -0.4 is 11.1 Å². The summed E-state index contributed by atoms with van der Waals surface area (Å²) in [6, 6.07) is 7.13. The van der Waals surface area contributed by atoms with E-state index in [1.165, 1.54) is 0 Å². The van der Waals surface area contributed by atoms with Crippen molar-refractivity contribution in [3.05, 3.63) is 35.4 Å². The van der Waals surface area contributed by atoms with Gasteiger partial charge < -0.3 is 11.1 Å². The van der Waals surface area contributed by atoms with Crippen LogP contribution in [0.5, 0.6) is 0 Å². The summed E-state index contributed by atoms with van der Waals surface area (Å²) in [6.07, 6.45) is 0.129. The topological polar surface area (TPSA) is 55.1 Å². The Balaban J connectivity index is 1.93. The molecule has 0 heterocycles. The lowest BCUT2D eigenvalue weighted by Gasteiger charge is -2.30. The van der Waals surface area contributed by atoms with E-state index in [4.69, 9.17) is 5.73 Å². The molecule has 1 aromatic carbocycles. The molecule has 1 fully saturated rings. The first-order valence-electron chi connectivity index (χ1n) is 5.43. The van der Waals surface area contributed by atoms with Gasteiger partial charge in [-0.2, -0.15) is 0 Å². The summed E-state index contributed by atoms with van der Waals surface area (Å²) in [4.78, 5) is 11.7. The predicted octanol–water partition coefficient (Wildman–Crippen LogP) is 1.38. The first-order valence-corrected chi connectivity index (χ1v) is 5.43. The van der Waals surface area contributed by atoms with Crippen molar-refractivity contribution in [3.63, 3.8) is 0 Å². The monoisotopic (exact) mass is 222 g/mol. The Hall–Kier alpha value is -1.42. The average molecular weight is 222 g/mol. The van der Waals surface area contributed by atoms with Crippen molar-refractivity contribution < 1.29 is 9.18 Å². The third-order valence-electron chi connectivity index (χ3n) is 2.87. The van der Waals surface area contributed by atoms with Crippen molar-refractivity contribution in [3.8, 4) is 0 Å². The lowest BCUT2D eigenvalue weighted by Crippen LogP contribution is -2.45. The van der Waals surface area contributed by atoms with Gasteiger partial charge in [-0.25, -0.2) is 4.39 Å². The Labute approximate surface area is 93.8 Å². The molecule has 3 N–H and O–H groups in total. The normalized spacial score (nSPS) is 23.6. The van der Waals surface area contributed by atoms with Crippen molar-refractivity contribution in [2.45, 2.75) is 31.6 Å². The molecule has 0 atom stereocenters. The maximum absolute atomic E-state index is 12.6. The molecule has 0 saturated heterocycles. The number of amides is 1. The molecule has 0 radical (unpaired) electrons. The van der Waals surface area contributed by atoms with Crippen LogP contribution in [0.25, 0.3) is 0 Å². The summed E-state index contributed by atoms with van der Waals surface area (Å²) in [5.74, 6) is -0.138. The van der Waals surface area contributed by atoms with Gasteiger partial charge in [0.05, 0.1) is 0 Å². The Morgan fingerprint density at radius 1 is 1.38 bits per heavy atom. The van der Waals surface area contributed by atoms with Crippen molar-refractivity contribution in [1.29, 1.82) is 0 Å². The van der Waals surface area contributed by atoms with E-state index < -0.39 is 6.17 Å². The van der Waals surface area contributed by atoms with Crippen LogP contribution in [0, 0.1) is 0 Å². The summed E-state index contributed by atoms with van der Waals surface area (Å²) >= 11 is 0. The summed E-state index contributed by atoms with van der Waals surface area (Å²) in [7, 11) is 0. The maximum atomic E-state index is 12.6. The van der Waals surface area contributed by atoms with Gasteiger partial charge in [0, 0.05) is 18.2 Å². The first kappa shape index (κ1) is 11.1. The second-order valence-electron chi connectivity index (χ2n) is 4.14. The molecule has 3 nitrogen and oxygen atoms in total. The number of carbonyl (C=O) groups is 1. The summed E-state index contributed by atoms with van der Waals surface area (Å²) in [5, 5.41) is 2.79. The van der Waals surface area contributed by atoms with Crippen molar-refractivity contribution in [1.82, 2.24) is 5.32 Å². The van der Waals surface area contributed by atoms with Gasteiger partial charge in [0.25, 0.3) is 5.91 Å².